The minimum absolute atomic E-state index is 0.0221. The molecule has 0 saturated carbocycles. The highest BCUT2D eigenvalue weighted by Crippen LogP contribution is 2.23. The number of rotatable bonds is 5. The highest BCUT2D eigenvalue weighted by atomic mass is 16.4. The van der Waals surface area contributed by atoms with E-state index in [4.69, 9.17) is 5.11 Å². The predicted octanol–water partition coefficient (Wildman–Crippen LogP) is 3.00. The third-order valence-electron chi connectivity index (χ3n) is 4.51. The number of likely N-dealkylation sites (tertiary alicyclic amines) is 1. The van der Waals surface area contributed by atoms with Gasteiger partial charge in [0.1, 0.15) is 0 Å². The molecule has 25 heavy (non-hydrogen) atoms. The van der Waals surface area contributed by atoms with Crippen molar-refractivity contribution in [2.45, 2.75) is 38.1 Å². The molecule has 1 N–H and O–H groups in total. The average molecular weight is 339 g/mol. The maximum atomic E-state index is 12.8. The van der Waals surface area contributed by atoms with Crippen LogP contribution in [0.2, 0.25) is 0 Å². The van der Waals surface area contributed by atoms with Gasteiger partial charge in [0.15, 0.2) is 5.82 Å². The maximum absolute atomic E-state index is 12.8. The van der Waals surface area contributed by atoms with Crippen LogP contribution in [-0.2, 0) is 4.79 Å². The van der Waals surface area contributed by atoms with Crippen molar-refractivity contribution in [2.24, 2.45) is 0 Å². The van der Waals surface area contributed by atoms with Gasteiger partial charge in [-0.05, 0) is 25.7 Å². The first kappa shape index (κ1) is 17.1. The highest BCUT2D eigenvalue weighted by Gasteiger charge is 2.28. The van der Waals surface area contributed by atoms with Gasteiger partial charge in [-0.2, -0.15) is 0 Å². The number of piperidine rings is 1. The Balaban J connectivity index is 1.73. The number of benzene rings is 1. The molecule has 0 spiro atoms. The Morgan fingerprint density at radius 1 is 1.12 bits per heavy atom. The lowest BCUT2D eigenvalue weighted by Gasteiger charge is -2.35. The smallest absolute Gasteiger partial charge is 0.303 e. The first-order valence-electron chi connectivity index (χ1n) is 8.55. The Morgan fingerprint density at radius 3 is 2.52 bits per heavy atom. The Morgan fingerprint density at radius 2 is 1.84 bits per heavy atom. The molecule has 0 aliphatic carbocycles. The van der Waals surface area contributed by atoms with Gasteiger partial charge >= 0.3 is 5.97 Å². The lowest BCUT2D eigenvalue weighted by Crippen LogP contribution is -2.44. The van der Waals surface area contributed by atoms with Gasteiger partial charge in [0.2, 0.25) is 0 Å². The SMILES string of the molecule is O=C(O)CC[C@H]1CCCCN1C(=O)c1cnc(-c2ccccc2)nc1. The van der Waals surface area contributed by atoms with Gasteiger partial charge in [-0.3, -0.25) is 9.59 Å². The van der Waals surface area contributed by atoms with Crippen molar-refractivity contribution in [1.82, 2.24) is 14.9 Å². The zero-order valence-corrected chi connectivity index (χ0v) is 14.0. The number of aromatic nitrogens is 2. The van der Waals surface area contributed by atoms with E-state index in [0.29, 0.717) is 24.4 Å². The van der Waals surface area contributed by atoms with Crippen LogP contribution in [0.5, 0.6) is 0 Å². The summed E-state index contributed by atoms with van der Waals surface area (Å²) < 4.78 is 0. The fraction of sp³-hybridized carbons (Fsp3) is 0.368. The van der Waals surface area contributed by atoms with Crippen LogP contribution >= 0.6 is 0 Å². The normalized spacial score (nSPS) is 17.3. The molecule has 1 aromatic carbocycles. The van der Waals surface area contributed by atoms with Crippen LogP contribution in [0.15, 0.2) is 42.7 Å². The molecular weight excluding hydrogens is 318 g/mol. The van der Waals surface area contributed by atoms with Gasteiger partial charge in [0, 0.05) is 37.0 Å². The van der Waals surface area contributed by atoms with Crippen molar-refractivity contribution in [3.05, 3.63) is 48.3 Å². The molecule has 6 nitrogen and oxygen atoms in total. The zero-order valence-electron chi connectivity index (χ0n) is 14.0. The van der Waals surface area contributed by atoms with E-state index in [-0.39, 0.29) is 18.4 Å². The lowest BCUT2D eigenvalue weighted by molar-refractivity contribution is -0.137. The van der Waals surface area contributed by atoms with Crippen LogP contribution in [-0.4, -0.2) is 44.4 Å². The molecule has 2 heterocycles. The molecule has 0 bridgehead atoms. The lowest BCUT2D eigenvalue weighted by atomic mass is 9.97. The Hall–Kier alpha value is -2.76. The van der Waals surface area contributed by atoms with Crippen LogP contribution in [0, 0.1) is 0 Å². The molecule has 0 radical (unpaired) electrons. The van der Waals surface area contributed by atoms with E-state index in [2.05, 4.69) is 9.97 Å². The molecule has 1 fully saturated rings. The Bertz CT molecular complexity index is 731. The molecule has 1 atom stereocenters. The summed E-state index contributed by atoms with van der Waals surface area (Å²) in [6.07, 6.45) is 6.50. The van der Waals surface area contributed by atoms with Crippen molar-refractivity contribution in [1.29, 1.82) is 0 Å². The Labute approximate surface area is 146 Å². The van der Waals surface area contributed by atoms with E-state index in [9.17, 15) is 9.59 Å². The maximum Gasteiger partial charge on any atom is 0.303 e. The van der Waals surface area contributed by atoms with Gasteiger partial charge in [-0.25, -0.2) is 9.97 Å². The van der Waals surface area contributed by atoms with E-state index < -0.39 is 5.97 Å². The molecule has 2 aromatic rings. The number of carbonyl (C=O) groups excluding carboxylic acids is 1. The topological polar surface area (TPSA) is 83.4 Å². The summed E-state index contributed by atoms with van der Waals surface area (Å²) in [6, 6.07) is 9.57. The van der Waals surface area contributed by atoms with Gasteiger partial charge in [-0.15, -0.1) is 0 Å². The van der Waals surface area contributed by atoms with E-state index in [0.717, 1.165) is 24.8 Å². The number of hydrogen-bond acceptors (Lipinski definition) is 4. The molecule has 6 heteroatoms. The second-order valence-electron chi connectivity index (χ2n) is 6.24. The molecule has 1 amide bonds. The molecule has 130 valence electrons. The van der Waals surface area contributed by atoms with E-state index >= 15 is 0 Å². The predicted molar refractivity (Wildman–Crippen MR) is 93.0 cm³/mol. The van der Waals surface area contributed by atoms with Gasteiger partial charge in [0.05, 0.1) is 5.56 Å². The molecular formula is C19H21N3O3. The number of carboxylic acids is 1. The van der Waals surface area contributed by atoms with Crippen LogP contribution in [0.25, 0.3) is 11.4 Å². The zero-order chi connectivity index (χ0) is 17.6. The highest BCUT2D eigenvalue weighted by molar-refractivity contribution is 5.94. The number of carbonyl (C=O) groups is 2. The summed E-state index contributed by atoms with van der Waals surface area (Å²) in [5.41, 5.74) is 1.35. The quantitative estimate of drug-likeness (QED) is 0.905. The summed E-state index contributed by atoms with van der Waals surface area (Å²) in [4.78, 5) is 34.0. The fourth-order valence-corrected chi connectivity index (χ4v) is 3.20. The summed E-state index contributed by atoms with van der Waals surface area (Å²) in [5.74, 6) is -0.360. The molecule has 1 aliphatic rings. The molecule has 1 aromatic heterocycles. The number of nitrogens with zero attached hydrogens (tertiary/aromatic N) is 3. The fourth-order valence-electron chi connectivity index (χ4n) is 3.20. The van der Waals surface area contributed by atoms with E-state index in [1.165, 1.54) is 0 Å². The van der Waals surface area contributed by atoms with Gasteiger partial charge in [0.25, 0.3) is 5.91 Å². The first-order chi connectivity index (χ1) is 12.1. The molecule has 1 saturated heterocycles. The third-order valence-corrected chi connectivity index (χ3v) is 4.51. The number of carboxylic acid groups (broad SMARTS) is 1. The number of hydrogen-bond donors (Lipinski definition) is 1. The third kappa shape index (κ3) is 4.21. The molecule has 1 aliphatic heterocycles. The van der Waals surface area contributed by atoms with Crippen molar-refractivity contribution in [2.75, 3.05) is 6.54 Å². The van der Waals surface area contributed by atoms with Crippen molar-refractivity contribution in [3.8, 4) is 11.4 Å². The average Bonchev–Trinajstić information content (AvgIpc) is 2.67. The monoisotopic (exact) mass is 339 g/mol. The summed E-state index contributed by atoms with van der Waals surface area (Å²) >= 11 is 0. The van der Waals surface area contributed by atoms with Crippen LogP contribution in [0.4, 0.5) is 0 Å². The minimum Gasteiger partial charge on any atom is -0.481 e. The first-order valence-corrected chi connectivity index (χ1v) is 8.55. The minimum atomic E-state index is -0.825. The Kier molecular flexibility index (Phi) is 5.38. The van der Waals surface area contributed by atoms with Crippen molar-refractivity contribution in [3.63, 3.8) is 0 Å². The van der Waals surface area contributed by atoms with Crippen molar-refractivity contribution < 1.29 is 14.7 Å². The number of aliphatic carboxylic acids is 1. The van der Waals surface area contributed by atoms with Gasteiger partial charge < -0.3 is 10.0 Å². The van der Waals surface area contributed by atoms with Crippen LogP contribution in [0.3, 0.4) is 0 Å². The van der Waals surface area contributed by atoms with E-state index in [1.54, 1.807) is 17.3 Å². The summed E-state index contributed by atoms with van der Waals surface area (Å²) in [7, 11) is 0. The largest absolute Gasteiger partial charge is 0.481 e. The molecule has 0 unspecified atom stereocenters. The summed E-state index contributed by atoms with van der Waals surface area (Å²) in [5, 5.41) is 8.90. The van der Waals surface area contributed by atoms with Crippen molar-refractivity contribution >= 4 is 11.9 Å². The second-order valence-corrected chi connectivity index (χ2v) is 6.24. The summed E-state index contributed by atoms with van der Waals surface area (Å²) in [6.45, 7) is 0.656. The van der Waals surface area contributed by atoms with Gasteiger partial charge in [-0.1, -0.05) is 30.3 Å². The standard InChI is InChI=1S/C19H21N3O3/c23-17(24)10-9-16-8-4-5-11-22(16)19(25)15-12-20-18(21-13-15)14-6-2-1-3-7-14/h1-3,6-7,12-13,16H,4-5,8-11H2,(H,23,24)/t16-/m1/s1. The number of amides is 1. The van der Waals surface area contributed by atoms with E-state index in [1.807, 2.05) is 30.3 Å². The second kappa shape index (κ2) is 7.88. The van der Waals surface area contributed by atoms with Crippen LogP contribution in [0.1, 0.15) is 42.5 Å². The molecule has 3 rings (SSSR count). The van der Waals surface area contributed by atoms with Crippen LogP contribution < -0.4 is 0 Å².